The van der Waals surface area contributed by atoms with E-state index in [0.29, 0.717) is 28.7 Å². The highest BCUT2D eigenvalue weighted by Gasteiger charge is 2.25. The molecule has 1 atom stereocenters. The fourth-order valence-corrected chi connectivity index (χ4v) is 4.37. The van der Waals surface area contributed by atoms with Gasteiger partial charge in [0.05, 0.1) is 35.3 Å². The van der Waals surface area contributed by atoms with E-state index in [1.165, 1.54) is 30.5 Å². The second-order valence-electron chi connectivity index (χ2n) is 8.85. The van der Waals surface area contributed by atoms with Gasteiger partial charge in [-0.15, -0.1) is 0 Å². The maximum absolute atomic E-state index is 13.4. The quantitative estimate of drug-likeness (QED) is 0.243. The maximum Gasteiger partial charge on any atom is 0.315 e. The Morgan fingerprint density at radius 1 is 1.26 bits per heavy atom. The number of benzene rings is 2. The number of hydrogen-bond donors (Lipinski definition) is 0. The lowest BCUT2D eigenvalue weighted by Crippen LogP contribution is -2.25. The maximum atomic E-state index is 13.4. The van der Waals surface area contributed by atoms with Crippen LogP contribution in [0.2, 0.25) is 0 Å². The lowest BCUT2D eigenvalue weighted by Gasteiger charge is -2.22. The van der Waals surface area contributed by atoms with E-state index in [9.17, 15) is 14.9 Å². The van der Waals surface area contributed by atoms with E-state index in [1.54, 1.807) is 18.2 Å². The number of rotatable bonds is 8. The van der Waals surface area contributed by atoms with Gasteiger partial charge in [0.2, 0.25) is 5.75 Å². The molecule has 1 heterocycles. The third-order valence-electron chi connectivity index (χ3n) is 6.44. The molecule has 0 saturated heterocycles. The van der Waals surface area contributed by atoms with E-state index in [1.807, 2.05) is 26.0 Å². The molecule has 1 fully saturated rings. The van der Waals surface area contributed by atoms with E-state index in [2.05, 4.69) is 5.10 Å². The lowest BCUT2D eigenvalue weighted by atomic mass is 9.88. The molecule has 0 aliphatic heterocycles. The summed E-state index contributed by atoms with van der Waals surface area (Å²) in [6.45, 7) is 3.77. The molecular weight excluding hydrogens is 448 g/mol. The molecule has 184 valence electrons. The predicted molar refractivity (Wildman–Crippen MR) is 135 cm³/mol. The smallest absolute Gasteiger partial charge is 0.315 e. The van der Waals surface area contributed by atoms with E-state index >= 15 is 0 Å². The second-order valence-corrected chi connectivity index (χ2v) is 8.85. The minimum atomic E-state index is -0.505. The van der Waals surface area contributed by atoms with Crippen LogP contribution in [0.25, 0.3) is 10.9 Å². The molecule has 0 amide bonds. The average Bonchev–Trinajstić information content (AvgIpc) is 2.88. The van der Waals surface area contributed by atoms with Gasteiger partial charge in [-0.2, -0.15) is 9.78 Å². The number of fused-ring (bicyclic) bond motifs is 1. The summed E-state index contributed by atoms with van der Waals surface area (Å²) in [7, 11) is 1.43. The molecule has 35 heavy (non-hydrogen) atoms. The highest BCUT2D eigenvalue weighted by molar-refractivity contribution is 5.83. The zero-order valence-corrected chi connectivity index (χ0v) is 20.3. The Bertz CT molecular complexity index is 1310. The first-order valence-electron chi connectivity index (χ1n) is 12.0. The summed E-state index contributed by atoms with van der Waals surface area (Å²) in [5.41, 5.74) is 0.585. The molecule has 2 aromatic carbocycles. The second kappa shape index (κ2) is 10.7. The van der Waals surface area contributed by atoms with Gasteiger partial charge >= 0.3 is 5.69 Å². The Morgan fingerprint density at radius 2 is 2.00 bits per heavy atom. The summed E-state index contributed by atoms with van der Waals surface area (Å²) in [4.78, 5) is 29.5. The molecule has 4 rings (SSSR count). The first-order valence-corrected chi connectivity index (χ1v) is 12.0. The van der Waals surface area contributed by atoms with Gasteiger partial charge in [-0.3, -0.25) is 14.9 Å². The van der Waals surface area contributed by atoms with Crippen LogP contribution in [0.3, 0.4) is 0 Å². The Morgan fingerprint density at radius 3 is 2.69 bits per heavy atom. The van der Waals surface area contributed by atoms with Crippen LogP contribution in [0.4, 0.5) is 5.69 Å². The first-order chi connectivity index (χ1) is 16.9. The Kier molecular flexibility index (Phi) is 7.43. The normalized spacial score (nSPS) is 15.4. The van der Waals surface area contributed by atoms with Gasteiger partial charge in [0.25, 0.3) is 5.56 Å². The van der Waals surface area contributed by atoms with Crippen molar-refractivity contribution < 1.29 is 14.4 Å². The molecule has 1 aromatic heterocycles. The lowest BCUT2D eigenvalue weighted by molar-refractivity contribution is -0.386. The van der Waals surface area contributed by atoms with Crippen molar-refractivity contribution in [2.45, 2.75) is 64.4 Å². The molecule has 9 heteroatoms. The van der Waals surface area contributed by atoms with Crippen LogP contribution >= 0.6 is 0 Å². The van der Waals surface area contributed by atoms with Crippen LogP contribution in [0.1, 0.15) is 69.7 Å². The summed E-state index contributed by atoms with van der Waals surface area (Å²) in [6, 6.07) is 10.2. The summed E-state index contributed by atoms with van der Waals surface area (Å²) in [5.74, 6) is 1.07. The van der Waals surface area contributed by atoms with Crippen molar-refractivity contribution in [1.29, 1.82) is 0 Å². The summed E-state index contributed by atoms with van der Waals surface area (Å²) < 4.78 is 12.5. The SMILES string of the molecule is CC[C@H](C)Oc1c(OC)cc(C=Nn2c(C3CCCCC3)nc3ccccc3c2=O)cc1[N+](=O)[O-]. The third-order valence-corrected chi connectivity index (χ3v) is 6.44. The van der Waals surface area contributed by atoms with Crippen molar-refractivity contribution in [3.8, 4) is 11.5 Å². The van der Waals surface area contributed by atoms with Gasteiger partial charge in [0, 0.05) is 17.5 Å². The van der Waals surface area contributed by atoms with Gasteiger partial charge in [0.1, 0.15) is 5.82 Å². The van der Waals surface area contributed by atoms with Crippen molar-refractivity contribution in [1.82, 2.24) is 9.66 Å². The van der Waals surface area contributed by atoms with Crippen LogP contribution in [0.15, 0.2) is 46.3 Å². The van der Waals surface area contributed by atoms with Crippen molar-refractivity contribution in [3.05, 3.63) is 68.3 Å². The molecule has 3 aromatic rings. The number of nitro groups is 1. The molecule has 0 N–H and O–H groups in total. The third kappa shape index (κ3) is 5.18. The number of hydrogen-bond acceptors (Lipinski definition) is 7. The molecule has 1 aliphatic carbocycles. The molecule has 9 nitrogen and oxygen atoms in total. The Balaban J connectivity index is 1.82. The highest BCUT2D eigenvalue weighted by Crippen LogP contribution is 2.39. The number of methoxy groups -OCH3 is 1. The topological polar surface area (TPSA) is 109 Å². The van der Waals surface area contributed by atoms with Crippen molar-refractivity contribution in [2.75, 3.05) is 7.11 Å². The van der Waals surface area contributed by atoms with Crippen molar-refractivity contribution >= 4 is 22.8 Å². The van der Waals surface area contributed by atoms with Crippen LogP contribution < -0.4 is 15.0 Å². The van der Waals surface area contributed by atoms with E-state index in [4.69, 9.17) is 14.5 Å². The zero-order valence-electron chi connectivity index (χ0n) is 20.3. The molecule has 1 saturated carbocycles. The largest absolute Gasteiger partial charge is 0.493 e. The average molecular weight is 479 g/mol. The number of nitro benzene ring substituents is 1. The Labute approximate surface area is 203 Å². The van der Waals surface area contributed by atoms with Gasteiger partial charge in [-0.05, 0) is 44.4 Å². The Hall–Kier alpha value is -3.75. The molecule has 0 unspecified atom stereocenters. The predicted octanol–water partition coefficient (Wildman–Crippen LogP) is 5.42. The van der Waals surface area contributed by atoms with Crippen LogP contribution in [0, 0.1) is 10.1 Å². The highest BCUT2D eigenvalue weighted by atomic mass is 16.6. The fraction of sp³-hybridized carbons (Fsp3) is 0.423. The van der Waals surface area contributed by atoms with Crippen molar-refractivity contribution in [3.63, 3.8) is 0 Å². The minimum Gasteiger partial charge on any atom is -0.493 e. The molecule has 0 bridgehead atoms. The van der Waals surface area contributed by atoms with Gasteiger partial charge in [0.15, 0.2) is 5.75 Å². The number of para-hydroxylation sites is 1. The fourth-order valence-electron chi connectivity index (χ4n) is 4.37. The van der Waals surface area contributed by atoms with Gasteiger partial charge in [-0.25, -0.2) is 4.98 Å². The van der Waals surface area contributed by atoms with Gasteiger partial charge < -0.3 is 9.47 Å². The van der Waals surface area contributed by atoms with E-state index in [0.717, 1.165) is 25.7 Å². The summed E-state index contributed by atoms with van der Waals surface area (Å²) in [6.07, 6.45) is 7.13. The summed E-state index contributed by atoms with van der Waals surface area (Å²) >= 11 is 0. The van der Waals surface area contributed by atoms with Crippen LogP contribution in [0.5, 0.6) is 11.5 Å². The molecule has 1 aliphatic rings. The van der Waals surface area contributed by atoms with E-state index < -0.39 is 4.92 Å². The zero-order chi connectivity index (χ0) is 24.9. The van der Waals surface area contributed by atoms with Crippen molar-refractivity contribution in [2.24, 2.45) is 5.10 Å². The number of ether oxygens (including phenoxy) is 2. The minimum absolute atomic E-state index is 0.0800. The molecule has 0 spiro atoms. The van der Waals surface area contributed by atoms with E-state index in [-0.39, 0.29) is 34.8 Å². The first kappa shape index (κ1) is 24.4. The monoisotopic (exact) mass is 478 g/mol. The standard InChI is InChI=1S/C26H30N4O5/c1-4-17(2)35-24-22(30(32)33)14-18(15-23(24)34-3)16-27-29-25(19-10-6-5-7-11-19)28-21-13-9-8-12-20(21)26(29)31/h8-9,12-17,19H,4-7,10-11H2,1-3H3/t17-/m0/s1. The molecule has 0 radical (unpaired) electrons. The summed E-state index contributed by atoms with van der Waals surface area (Å²) in [5, 5.41) is 16.8. The number of nitrogens with zero attached hydrogens (tertiary/aromatic N) is 4. The van der Waals surface area contributed by atoms with Gasteiger partial charge in [-0.1, -0.05) is 38.3 Å². The number of aromatic nitrogens is 2. The van der Waals surface area contributed by atoms with Crippen LogP contribution in [-0.4, -0.2) is 34.0 Å². The van der Waals surface area contributed by atoms with Crippen LogP contribution in [-0.2, 0) is 0 Å². The molecular formula is C26H30N4O5.